The highest BCUT2D eigenvalue weighted by atomic mass is 19.1. The smallest absolute Gasteiger partial charge is 0.310 e. The molecule has 0 saturated heterocycles. The summed E-state index contributed by atoms with van der Waals surface area (Å²) >= 11 is 0. The zero-order chi connectivity index (χ0) is 12.1. The van der Waals surface area contributed by atoms with Gasteiger partial charge < -0.3 is 4.74 Å². The Bertz CT molecular complexity index is 416. The first-order chi connectivity index (χ1) is 7.58. The molecule has 0 bridgehead atoms. The molecule has 0 unspecified atom stereocenters. The van der Waals surface area contributed by atoms with Crippen LogP contribution in [-0.2, 0) is 16.0 Å². The number of benzene rings is 1. The fourth-order valence-corrected chi connectivity index (χ4v) is 1.28. The van der Waals surface area contributed by atoms with E-state index in [1.165, 1.54) is 0 Å². The molecule has 0 amide bonds. The van der Waals surface area contributed by atoms with Gasteiger partial charge in [0, 0.05) is 6.07 Å². The number of hydrogen-bond donors (Lipinski definition) is 0. The molecule has 0 aliphatic heterocycles. The Morgan fingerprint density at radius 3 is 2.69 bits per heavy atom. The summed E-state index contributed by atoms with van der Waals surface area (Å²) in [5.74, 6) is -2.44. The van der Waals surface area contributed by atoms with E-state index in [1.807, 2.05) is 0 Å². The van der Waals surface area contributed by atoms with E-state index < -0.39 is 17.6 Å². The van der Waals surface area contributed by atoms with Gasteiger partial charge in [0.1, 0.15) is 11.6 Å². The van der Waals surface area contributed by atoms with Crippen molar-refractivity contribution in [1.82, 2.24) is 0 Å². The van der Waals surface area contributed by atoms with Crippen molar-refractivity contribution in [3.05, 3.63) is 34.9 Å². The molecule has 0 spiro atoms. The van der Waals surface area contributed by atoms with Crippen LogP contribution in [0.25, 0.3) is 0 Å². The van der Waals surface area contributed by atoms with E-state index in [0.29, 0.717) is 6.07 Å². The van der Waals surface area contributed by atoms with Crippen LogP contribution in [0.2, 0.25) is 0 Å². The predicted molar refractivity (Wildman–Crippen MR) is 52.1 cm³/mol. The number of aldehydes is 1. The van der Waals surface area contributed by atoms with Crippen LogP contribution in [0.4, 0.5) is 8.78 Å². The van der Waals surface area contributed by atoms with Crippen molar-refractivity contribution >= 4 is 12.3 Å². The van der Waals surface area contributed by atoms with Gasteiger partial charge in [-0.15, -0.1) is 0 Å². The molecule has 5 heteroatoms. The lowest BCUT2D eigenvalue weighted by atomic mass is 10.0. The maximum Gasteiger partial charge on any atom is 0.310 e. The molecule has 0 atom stereocenters. The van der Waals surface area contributed by atoms with Gasteiger partial charge in [-0.2, -0.15) is 0 Å². The molecule has 0 radical (unpaired) electrons. The van der Waals surface area contributed by atoms with E-state index in [1.54, 1.807) is 6.92 Å². The minimum absolute atomic E-state index is 0.00838. The Labute approximate surface area is 91.0 Å². The van der Waals surface area contributed by atoms with Crippen LogP contribution in [0.3, 0.4) is 0 Å². The first-order valence-corrected chi connectivity index (χ1v) is 4.67. The van der Waals surface area contributed by atoms with Crippen molar-refractivity contribution in [2.24, 2.45) is 0 Å². The fraction of sp³-hybridized carbons (Fsp3) is 0.273. The normalized spacial score (nSPS) is 9.94. The van der Waals surface area contributed by atoms with Crippen LogP contribution < -0.4 is 0 Å². The van der Waals surface area contributed by atoms with Gasteiger partial charge in [-0.05, 0) is 18.6 Å². The van der Waals surface area contributed by atoms with Crippen molar-refractivity contribution in [2.45, 2.75) is 13.3 Å². The van der Waals surface area contributed by atoms with E-state index in [0.717, 1.165) is 6.07 Å². The number of rotatable bonds is 4. The standard InChI is InChI=1S/C11H10F2O3/c1-2-16-11(15)4-7-3-8(12)5-10(13)9(7)6-14/h3,5-6H,2,4H2,1H3. The molecule has 0 N–H and O–H groups in total. The van der Waals surface area contributed by atoms with Crippen LogP contribution >= 0.6 is 0 Å². The van der Waals surface area contributed by atoms with Crippen molar-refractivity contribution in [3.8, 4) is 0 Å². The number of carbonyl (C=O) groups is 2. The lowest BCUT2D eigenvalue weighted by Gasteiger charge is -2.05. The molecule has 0 aliphatic rings. The number of hydrogen-bond acceptors (Lipinski definition) is 3. The fourth-order valence-electron chi connectivity index (χ4n) is 1.28. The zero-order valence-corrected chi connectivity index (χ0v) is 8.63. The average molecular weight is 228 g/mol. The van der Waals surface area contributed by atoms with Gasteiger partial charge in [0.25, 0.3) is 0 Å². The molecule has 0 aliphatic carbocycles. The van der Waals surface area contributed by atoms with E-state index in [-0.39, 0.29) is 30.4 Å². The Hall–Kier alpha value is -1.78. The van der Waals surface area contributed by atoms with Gasteiger partial charge in [-0.1, -0.05) is 0 Å². The van der Waals surface area contributed by atoms with Crippen molar-refractivity contribution in [3.63, 3.8) is 0 Å². The van der Waals surface area contributed by atoms with Crippen LogP contribution in [-0.4, -0.2) is 18.9 Å². The SMILES string of the molecule is CCOC(=O)Cc1cc(F)cc(F)c1C=O. The van der Waals surface area contributed by atoms with Gasteiger partial charge >= 0.3 is 5.97 Å². The van der Waals surface area contributed by atoms with E-state index >= 15 is 0 Å². The maximum absolute atomic E-state index is 13.1. The summed E-state index contributed by atoms with van der Waals surface area (Å²) in [5.41, 5.74) is -0.319. The molecular formula is C11H10F2O3. The molecule has 3 nitrogen and oxygen atoms in total. The van der Waals surface area contributed by atoms with Gasteiger partial charge in [-0.25, -0.2) is 8.78 Å². The molecule has 86 valence electrons. The first-order valence-electron chi connectivity index (χ1n) is 4.67. The summed E-state index contributed by atoms with van der Waals surface area (Å²) in [6, 6.07) is 1.54. The molecule has 16 heavy (non-hydrogen) atoms. The largest absolute Gasteiger partial charge is 0.466 e. The highest BCUT2D eigenvalue weighted by Crippen LogP contribution is 2.15. The van der Waals surface area contributed by atoms with Crippen molar-refractivity contribution in [1.29, 1.82) is 0 Å². The predicted octanol–water partition coefficient (Wildman–Crippen LogP) is 1.88. The number of esters is 1. The van der Waals surface area contributed by atoms with Crippen LogP contribution in [0.15, 0.2) is 12.1 Å². The quantitative estimate of drug-likeness (QED) is 0.583. The number of ether oxygens (including phenoxy) is 1. The number of carbonyl (C=O) groups excluding carboxylic acids is 2. The Balaban J connectivity index is 3.02. The zero-order valence-electron chi connectivity index (χ0n) is 8.63. The maximum atomic E-state index is 13.1. The van der Waals surface area contributed by atoms with Gasteiger partial charge in [0.05, 0.1) is 18.6 Å². The highest BCUT2D eigenvalue weighted by molar-refractivity contribution is 5.82. The van der Waals surface area contributed by atoms with Gasteiger partial charge in [-0.3, -0.25) is 9.59 Å². The molecule has 0 aromatic heterocycles. The minimum Gasteiger partial charge on any atom is -0.466 e. The van der Waals surface area contributed by atoms with E-state index in [2.05, 4.69) is 4.74 Å². The topological polar surface area (TPSA) is 43.4 Å². The molecule has 1 aromatic carbocycles. The average Bonchev–Trinajstić information content (AvgIpc) is 2.17. The molecule has 1 rings (SSSR count). The van der Waals surface area contributed by atoms with E-state index in [4.69, 9.17) is 0 Å². The van der Waals surface area contributed by atoms with Crippen LogP contribution in [0.5, 0.6) is 0 Å². The second-order valence-corrected chi connectivity index (χ2v) is 3.06. The van der Waals surface area contributed by atoms with Crippen LogP contribution in [0, 0.1) is 11.6 Å². The lowest BCUT2D eigenvalue weighted by Crippen LogP contribution is -2.10. The van der Waals surface area contributed by atoms with Gasteiger partial charge in [0.15, 0.2) is 6.29 Å². The van der Waals surface area contributed by atoms with Crippen molar-refractivity contribution < 1.29 is 23.1 Å². The Kier molecular flexibility index (Phi) is 4.10. The third kappa shape index (κ3) is 2.85. The number of halogens is 2. The Morgan fingerprint density at radius 2 is 2.12 bits per heavy atom. The van der Waals surface area contributed by atoms with E-state index in [9.17, 15) is 18.4 Å². The Morgan fingerprint density at radius 1 is 1.44 bits per heavy atom. The highest BCUT2D eigenvalue weighted by Gasteiger charge is 2.14. The monoisotopic (exact) mass is 228 g/mol. The van der Waals surface area contributed by atoms with Gasteiger partial charge in [0.2, 0.25) is 0 Å². The van der Waals surface area contributed by atoms with Crippen molar-refractivity contribution in [2.75, 3.05) is 6.61 Å². The summed E-state index contributed by atoms with van der Waals surface area (Å²) in [5, 5.41) is 0. The summed E-state index contributed by atoms with van der Waals surface area (Å²) in [7, 11) is 0. The summed E-state index contributed by atoms with van der Waals surface area (Å²) in [4.78, 5) is 21.7. The molecule has 0 heterocycles. The third-order valence-electron chi connectivity index (χ3n) is 1.94. The third-order valence-corrected chi connectivity index (χ3v) is 1.94. The summed E-state index contributed by atoms with van der Waals surface area (Å²) < 4.78 is 30.6. The summed E-state index contributed by atoms with van der Waals surface area (Å²) in [6.07, 6.45) is -0.0695. The molecule has 0 fully saturated rings. The second-order valence-electron chi connectivity index (χ2n) is 3.06. The molecular weight excluding hydrogens is 218 g/mol. The molecule has 0 saturated carbocycles. The molecule has 1 aromatic rings. The summed E-state index contributed by atoms with van der Waals surface area (Å²) in [6.45, 7) is 1.79. The second kappa shape index (κ2) is 5.34. The lowest BCUT2D eigenvalue weighted by molar-refractivity contribution is -0.142. The van der Waals surface area contributed by atoms with Crippen LogP contribution in [0.1, 0.15) is 22.8 Å². The minimum atomic E-state index is -0.978. The first kappa shape index (κ1) is 12.3.